The van der Waals surface area contributed by atoms with E-state index in [0.29, 0.717) is 5.56 Å². The molecule has 0 saturated carbocycles. The van der Waals surface area contributed by atoms with E-state index in [1.165, 1.54) is 0 Å². The number of nitrogens with two attached hydrogens (primary N) is 4. The van der Waals surface area contributed by atoms with Crippen LogP contribution in [0.5, 0.6) is 0 Å². The van der Waals surface area contributed by atoms with E-state index in [4.69, 9.17) is 22.9 Å². The van der Waals surface area contributed by atoms with Gasteiger partial charge in [0.15, 0.2) is 0 Å². The standard InChI is InChI=1S/C15H16N8O2/c16-10-8(12(24)22-14(18)20-10)7(6-4-2-1-3-5-6)9-11(17)21-15(19)23-13(9)25/h1-5,7H,(H5,16,18,20,22,24)(H5,17,19,21,23,25). The second-order valence-corrected chi connectivity index (χ2v) is 5.34. The van der Waals surface area contributed by atoms with E-state index in [0.717, 1.165) is 0 Å². The summed E-state index contributed by atoms with van der Waals surface area (Å²) < 4.78 is 0. The van der Waals surface area contributed by atoms with Gasteiger partial charge >= 0.3 is 0 Å². The second kappa shape index (κ2) is 6.00. The lowest BCUT2D eigenvalue weighted by Crippen LogP contribution is -2.28. The molecule has 128 valence electrons. The summed E-state index contributed by atoms with van der Waals surface area (Å²) >= 11 is 0. The van der Waals surface area contributed by atoms with Crippen LogP contribution in [0.1, 0.15) is 22.6 Å². The number of nitrogen functional groups attached to an aromatic ring is 4. The van der Waals surface area contributed by atoms with Crippen molar-refractivity contribution >= 4 is 23.5 Å². The number of hydrogen-bond donors (Lipinski definition) is 6. The van der Waals surface area contributed by atoms with Gasteiger partial charge in [-0.3, -0.25) is 19.6 Å². The highest BCUT2D eigenvalue weighted by Gasteiger charge is 2.28. The molecular weight excluding hydrogens is 324 g/mol. The van der Waals surface area contributed by atoms with Crippen LogP contribution in [-0.2, 0) is 0 Å². The number of aromatic amines is 2. The first-order chi connectivity index (χ1) is 11.9. The largest absolute Gasteiger partial charge is 0.383 e. The number of nitrogens with zero attached hydrogens (tertiary/aromatic N) is 2. The lowest BCUT2D eigenvalue weighted by molar-refractivity contribution is 0.897. The Bertz CT molecular complexity index is 976. The van der Waals surface area contributed by atoms with Gasteiger partial charge in [0.25, 0.3) is 11.1 Å². The second-order valence-electron chi connectivity index (χ2n) is 5.34. The molecule has 2 heterocycles. The highest BCUT2D eigenvalue weighted by molar-refractivity contribution is 5.57. The molecule has 10 heteroatoms. The molecule has 0 radical (unpaired) electrons. The Hall–Kier alpha value is -3.82. The zero-order chi connectivity index (χ0) is 18.1. The number of anilines is 4. The fourth-order valence-electron chi connectivity index (χ4n) is 2.72. The molecule has 10 nitrogen and oxygen atoms in total. The van der Waals surface area contributed by atoms with E-state index in [1.807, 2.05) is 0 Å². The van der Waals surface area contributed by atoms with Crippen molar-refractivity contribution in [3.05, 3.63) is 67.7 Å². The van der Waals surface area contributed by atoms with E-state index in [9.17, 15) is 9.59 Å². The van der Waals surface area contributed by atoms with Crippen molar-refractivity contribution in [2.45, 2.75) is 5.92 Å². The summed E-state index contributed by atoms with van der Waals surface area (Å²) in [6.07, 6.45) is 0. The maximum absolute atomic E-state index is 12.5. The first-order valence-electron chi connectivity index (χ1n) is 7.23. The molecule has 0 bridgehead atoms. The molecule has 3 rings (SSSR count). The van der Waals surface area contributed by atoms with Crippen molar-refractivity contribution in [2.75, 3.05) is 22.9 Å². The Morgan fingerprint density at radius 1 is 0.760 bits per heavy atom. The Morgan fingerprint density at radius 2 is 1.20 bits per heavy atom. The van der Waals surface area contributed by atoms with Gasteiger partial charge < -0.3 is 22.9 Å². The van der Waals surface area contributed by atoms with Gasteiger partial charge in [0.1, 0.15) is 11.6 Å². The number of H-pyrrole nitrogens is 2. The smallest absolute Gasteiger partial charge is 0.258 e. The fraction of sp³-hybridized carbons (Fsp3) is 0.0667. The molecule has 0 saturated heterocycles. The molecular formula is C15H16N8O2. The summed E-state index contributed by atoms with van der Waals surface area (Å²) in [5.74, 6) is -1.36. The van der Waals surface area contributed by atoms with Crippen LogP contribution in [0.4, 0.5) is 23.5 Å². The van der Waals surface area contributed by atoms with E-state index in [-0.39, 0.29) is 34.7 Å². The molecule has 0 spiro atoms. The SMILES string of the molecule is Nc1nc(N)c(C(c2ccccc2)c2c(N)nc(N)[nH]c2=O)c(=O)[nH]1. The minimum Gasteiger partial charge on any atom is -0.383 e. The van der Waals surface area contributed by atoms with Crippen molar-refractivity contribution in [1.82, 2.24) is 19.9 Å². The van der Waals surface area contributed by atoms with Crippen LogP contribution in [0.15, 0.2) is 39.9 Å². The van der Waals surface area contributed by atoms with E-state index in [1.54, 1.807) is 30.3 Å². The Labute approximate surface area is 140 Å². The monoisotopic (exact) mass is 340 g/mol. The van der Waals surface area contributed by atoms with Gasteiger partial charge in [-0.2, -0.15) is 9.97 Å². The molecule has 1 aromatic carbocycles. The molecule has 2 aromatic heterocycles. The average Bonchev–Trinajstić information content (AvgIpc) is 2.52. The van der Waals surface area contributed by atoms with Crippen LogP contribution >= 0.6 is 0 Å². The zero-order valence-corrected chi connectivity index (χ0v) is 13.0. The lowest BCUT2D eigenvalue weighted by atomic mass is 9.86. The topological polar surface area (TPSA) is 196 Å². The number of hydrogen-bond acceptors (Lipinski definition) is 8. The maximum Gasteiger partial charge on any atom is 0.258 e. The maximum atomic E-state index is 12.5. The summed E-state index contributed by atoms with van der Waals surface area (Å²) in [4.78, 5) is 37.5. The van der Waals surface area contributed by atoms with E-state index < -0.39 is 17.0 Å². The quantitative estimate of drug-likeness (QED) is 0.362. The predicted octanol–water partition coefficient (Wildman–Crippen LogP) is -0.638. The van der Waals surface area contributed by atoms with Gasteiger partial charge in [-0.05, 0) is 5.56 Å². The predicted molar refractivity (Wildman–Crippen MR) is 94.8 cm³/mol. The van der Waals surface area contributed by atoms with E-state index >= 15 is 0 Å². The molecule has 10 N–H and O–H groups in total. The minimum absolute atomic E-state index is 0.0455. The van der Waals surface area contributed by atoms with Gasteiger partial charge in [0.2, 0.25) is 11.9 Å². The normalized spacial score (nSPS) is 10.9. The van der Waals surface area contributed by atoms with Crippen LogP contribution in [-0.4, -0.2) is 19.9 Å². The fourth-order valence-corrected chi connectivity index (χ4v) is 2.72. The Morgan fingerprint density at radius 3 is 1.60 bits per heavy atom. The molecule has 25 heavy (non-hydrogen) atoms. The van der Waals surface area contributed by atoms with Crippen LogP contribution in [0.2, 0.25) is 0 Å². The number of benzene rings is 1. The van der Waals surface area contributed by atoms with Gasteiger partial charge in [-0.25, -0.2) is 0 Å². The van der Waals surface area contributed by atoms with Crippen molar-refractivity contribution in [3.63, 3.8) is 0 Å². The number of rotatable bonds is 3. The highest BCUT2D eigenvalue weighted by Crippen LogP contribution is 2.32. The first kappa shape index (κ1) is 16.1. The van der Waals surface area contributed by atoms with Crippen LogP contribution in [0.25, 0.3) is 0 Å². The van der Waals surface area contributed by atoms with Crippen molar-refractivity contribution in [2.24, 2.45) is 0 Å². The van der Waals surface area contributed by atoms with Gasteiger partial charge in [-0.1, -0.05) is 30.3 Å². The Balaban J connectivity index is 2.38. The third-order valence-corrected chi connectivity index (χ3v) is 3.72. The lowest BCUT2D eigenvalue weighted by Gasteiger charge is -2.19. The minimum atomic E-state index is -0.894. The van der Waals surface area contributed by atoms with Crippen molar-refractivity contribution in [1.29, 1.82) is 0 Å². The van der Waals surface area contributed by atoms with Gasteiger partial charge in [0, 0.05) is 0 Å². The average molecular weight is 340 g/mol. The van der Waals surface area contributed by atoms with Crippen LogP contribution in [0.3, 0.4) is 0 Å². The third-order valence-electron chi connectivity index (χ3n) is 3.72. The number of nitrogens with one attached hydrogen (secondary N) is 2. The van der Waals surface area contributed by atoms with Crippen LogP contribution in [0, 0.1) is 0 Å². The molecule has 0 fully saturated rings. The highest BCUT2D eigenvalue weighted by atomic mass is 16.1. The molecule has 0 unspecified atom stereocenters. The molecule has 0 atom stereocenters. The summed E-state index contributed by atoms with van der Waals surface area (Å²) in [7, 11) is 0. The Kier molecular flexibility index (Phi) is 3.85. The molecule has 0 aliphatic rings. The van der Waals surface area contributed by atoms with Gasteiger partial charge in [0.05, 0.1) is 17.0 Å². The number of aromatic nitrogens is 4. The summed E-state index contributed by atoms with van der Waals surface area (Å²) in [5, 5.41) is 0. The van der Waals surface area contributed by atoms with Crippen molar-refractivity contribution in [3.8, 4) is 0 Å². The zero-order valence-electron chi connectivity index (χ0n) is 13.0. The molecule has 0 aliphatic carbocycles. The third kappa shape index (κ3) is 2.87. The molecule has 0 aliphatic heterocycles. The molecule has 3 aromatic rings. The first-order valence-corrected chi connectivity index (χ1v) is 7.23. The molecule has 0 amide bonds. The van der Waals surface area contributed by atoms with Crippen molar-refractivity contribution < 1.29 is 0 Å². The summed E-state index contributed by atoms with van der Waals surface area (Å²) in [5.41, 5.74) is 22.4. The van der Waals surface area contributed by atoms with E-state index in [2.05, 4.69) is 19.9 Å². The van der Waals surface area contributed by atoms with Crippen LogP contribution < -0.4 is 34.1 Å². The summed E-state index contributed by atoms with van der Waals surface area (Å²) in [6, 6.07) is 8.77. The summed E-state index contributed by atoms with van der Waals surface area (Å²) in [6.45, 7) is 0. The van der Waals surface area contributed by atoms with Gasteiger partial charge in [-0.15, -0.1) is 0 Å².